The van der Waals surface area contributed by atoms with Crippen LogP contribution in [0.4, 0.5) is 0 Å². The van der Waals surface area contributed by atoms with Gasteiger partial charge in [0.25, 0.3) is 0 Å². The normalized spacial score (nSPS) is 13.3. The molecule has 2 aromatic rings. The smallest absolute Gasteiger partial charge is 0.119 e. The molecule has 2 rings (SSSR count). The van der Waals surface area contributed by atoms with E-state index in [1.807, 2.05) is 60.7 Å². The topological polar surface area (TPSA) is 18.5 Å². The van der Waals surface area contributed by atoms with Crippen LogP contribution >= 0.6 is 35.0 Å². The Morgan fingerprint density at radius 1 is 0.696 bits per heavy atom. The lowest BCUT2D eigenvalue weighted by Gasteiger charge is -2.21. The van der Waals surface area contributed by atoms with Crippen molar-refractivity contribution in [3.63, 3.8) is 0 Å². The number of thioether (sulfide) groups is 1. The van der Waals surface area contributed by atoms with Crippen LogP contribution < -0.4 is 9.47 Å². The van der Waals surface area contributed by atoms with Crippen molar-refractivity contribution in [1.29, 1.82) is 0 Å². The summed E-state index contributed by atoms with van der Waals surface area (Å²) >= 11 is 13.8. The fourth-order valence-corrected chi connectivity index (χ4v) is 3.52. The minimum atomic E-state index is 0.167. The molecule has 0 aliphatic carbocycles. The lowest BCUT2D eigenvalue weighted by atomic mass is 10.3. The third kappa shape index (κ3) is 6.94. The van der Waals surface area contributed by atoms with Crippen molar-refractivity contribution in [2.24, 2.45) is 0 Å². The fourth-order valence-electron chi connectivity index (χ4n) is 1.92. The van der Waals surface area contributed by atoms with E-state index in [9.17, 15) is 0 Å². The van der Waals surface area contributed by atoms with Crippen molar-refractivity contribution < 1.29 is 9.47 Å². The van der Waals surface area contributed by atoms with Crippen LogP contribution in [0.3, 0.4) is 0 Å². The van der Waals surface area contributed by atoms with Gasteiger partial charge in [0.05, 0.1) is 10.5 Å². The second kappa shape index (κ2) is 10.7. The predicted molar refractivity (Wildman–Crippen MR) is 100 cm³/mol. The van der Waals surface area contributed by atoms with Gasteiger partial charge in [-0.1, -0.05) is 36.4 Å². The van der Waals surface area contributed by atoms with Crippen LogP contribution in [-0.2, 0) is 0 Å². The molecule has 2 nitrogen and oxygen atoms in total. The number of hydrogen-bond acceptors (Lipinski definition) is 3. The highest BCUT2D eigenvalue weighted by Crippen LogP contribution is 2.23. The summed E-state index contributed by atoms with van der Waals surface area (Å²) in [7, 11) is 0. The molecule has 0 aliphatic rings. The first-order chi connectivity index (χ1) is 11.3. The number of hydrogen-bond donors (Lipinski definition) is 0. The molecule has 2 aromatic carbocycles. The van der Waals surface area contributed by atoms with Crippen LogP contribution in [0.5, 0.6) is 11.5 Å². The summed E-state index contributed by atoms with van der Waals surface area (Å²) in [5.41, 5.74) is 0. The van der Waals surface area contributed by atoms with Crippen molar-refractivity contribution in [3.05, 3.63) is 60.7 Å². The average Bonchev–Trinajstić information content (AvgIpc) is 2.63. The monoisotopic (exact) mass is 370 g/mol. The highest BCUT2D eigenvalue weighted by atomic mass is 35.5. The van der Waals surface area contributed by atoms with Crippen molar-refractivity contribution >= 4 is 35.0 Å². The zero-order chi connectivity index (χ0) is 16.3. The Kier molecular flexibility index (Phi) is 8.51. The molecule has 23 heavy (non-hydrogen) atoms. The molecular formula is C18H20Cl2O2S. The van der Waals surface area contributed by atoms with E-state index < -0.39 is 0 Å². The maximum atomic E-state index is 6.07. The molecule has 0 aliphatic heterocycles. The van der Waals surface area contributed by atoms with E-state index in [1.54, 1.807) is 11.8 Å². The van der Waals surface area contributed by atoms with Crippen LogP contribution in [0.1, 0.15) is 0 Å². The minimum absolute atomic E-state index is 0.167. The van der Waals surface area contributed by atoms with Crippen molar-refractivity contribution in [2.75, 3.05) is 25.0 Å². The molecule has 0 unspecified atom stereocenters. The van der Waals surface area contributed by atoms with Gasteiger partial charge in [-0.05, 0) is 24.3 Å². The van der Waals surface area contributed by atoms with Crippen LogP contribution in [0.25, 0.3) is 0 Å². The van der Waals surface area contributed by atoms with Gasteiger partial charge in [0, 0.05) is 11.8 Å². The second-order valence-corrected chi connectivity index (χ2v) is 7.16. The summed E-state index contributed by atoms with van der Waals surface area (Å²) in [6.45, 7) is 1.10. The molecule has 0 bridgehead atoms. The molecule has 5 heteroatoms. The molecule has 0 amide bonds. The largest absolute Gasteiger partial charge is 0.492 e. The summed E-state index contributed by atoms with van der Waals surface area (Å²) in [6, 6.07) is 19.5. The zero-order valence-electron chi connectivity index (χ0n) is 12.7. The molecule has 0 radical (unpaired) electrons. The van der Waals surface area contributed by atoms with E-state index in [1.165, 1.54) is 0 Å². The molecule has 2 atom stereocenters. The number of para-hydroxylation sites is 2. The number of alkyl halides is 2. The Labute approximate surface area is 152 Å². The van der Waals surface area contributed by atoms with Gasteiger partial charge in [-0.15, -0.1) is 35.0 Å². The van der Waals surface area contributed by atoms with Crippen LogP contribution in [0, 0.1) is 0 Å². The van der Waals surface area contributed by atoms with Crippen molar-refractivity contribution in [2.45, 2.75) is 10.5 Å². The Morgan fingerprint density at radius 3 is 1.43 bits per heavy atom. The van der Waals surface area contributed by atoms with E-state index in [-0.39, 0.29) is 10.5 Å². The van der Waals surface area contributed by atoms with Crippen LogP contribution in [-0.4, -0.2) is 35.5 Å². The molecule has 0 saturated heterocycles. The van der Waals surface area contributed by atoms with Gasteiger partial charge in [-0.2, -0.15) is 0 Å². The van der Waals surface area contributed by atoms with Gasteiger partial charge in [0.15, 0.2) is 0 Å². The lowest BCUT2D eigenvalue weighted by molar-refractivity contribution is 0.315. The predicted octanol–water partition coefficient (Wildman–Crippen LogP) is 5.09. The fraction of sp³-hybridized carbons (Fsp3) is 0.333. The van der Waals surface area contributed by atoms with Gasteiger partial charge >= 0.3 is 0 Å². The zero-order valence-corrected chi connectivity index (χ0v) is 15.1. The molecule has 0 heterocycles. The first-order valence-corrected chi connectivity index (χ1v) is 9.46. The molecule has 0 aromatic heterocycles. The number of halogens is 2. The molecular weight excluding hydrogens is 351 g/mol. The molecule has 0 fully saturated rings. The van der Waals surface area contributed by atoms with Crippen LogP contribution in [0.2, 0.25) is 0 Å². The minimum Gasteiger partial charge on any atom is -0.492 e. The van der Waals surface area contributed by atoms with Gasteiger partial charge in [0.2, 0.25) is 0 Å². The van der Waals surface area contributed by atoms with Gasteiger partial charge in [-0.25, -0.2) is 0 Å². The molecule has 0 spiro atoms. The first-order valence-electron chi connectivity index (χ1n) is 7.45. The quantitative estimate of drug-likeness (QED) is 0.542. The Balaban J connectivity index is 1.78. The van der Waals surface area contributed by atoms with E-state index in [4.69, 9.17) is 32.7 Å². The standard InChI is InChI=1S/C18H20Cl2O2S/c19-11-17(13-21-15-7-3-1-4-8-15)23-18(12-20)14-22-16-9-5-2-6-10-16/h1-10,17-18H,11-14H2/t17-,18-/m1/s1. The van der Waals surface area contributed by atoms with Crippen LogP contribution in [0.15, 0.2) is 60.7 Å². The van der Waals surface area contributed by atoms with E-state index >= 15 is 0 Å². The van der Waals surface area contributed by atoms with E-state index in [0.717, 1.165) is 11.5 Å². The Morgan fingerprint density at radius 2 is 1.09 bits per heavy atom. The highest BCUT2D eigenvalue weighted by Gasteiger charge is 2.17. The summed E-state index contributed by atoms with van der Waals surface area (Å²) < 4.78 is 11.6. The summed E-state index contributed by atoms with van der Waals surface area (Å²) in [5.74, 6) is 2.73. The summed E-state index contributed by atoms with van der Waals surface area (Å²) in [5, 5.41) is 0.333. The summed E-state index contributed by atoms with van der Waals surface area (Å²) in [4.78, 5) is 0. The van der Waals surface area contributed by atoms with Crippen molar-refractivity contribution in [1.82, 2.24) is 0 Å². The maximum Gasteiger partial charge on any atom is 0.119 e. The van der Waals surface area contributed by atoms with E-state index in [2.05, 4.69) is 0 Å². The average molecular weight is 371 g/mol. The van der Waals surface area contributed by atoms with Crippen molar-refractivity contribution in [3.8, 4) is 11.5 Å². The maximum absolute atomic E-state index is 6.07. The first kappa shape index (κ1) is 18.3. The van der Waals surface area contributed by atoms with Gasteiger partial charge in [-0.3, -0.25) is 0 Å². The Hall–Kier alpha value is -1.03. The van der Waals surface area contributed by atoms with Gasteiger partial charge < -0.3 is 9.47 Å². The number of rotatable bonds is 10. The third-order valence-corrected chi connectivity index (χ3v) is 5.57. The Bertz CT molecular complexity index is 490. The van der Waals surface area contributed by atoms with E-state index in [0.29, 0.717) is 25.0 Å². The van der Waals surface area contributed by atoms with Gasteiger partial charge in [0.1, 0.15) is 24.7 Å². The number of benzene rings is 2. The SMILES string of the molecule is ClC[C@H](COc1ccccc1)S[C@H](CCl)COc1ccccc1. The molecule has 0 saturated carbocycles. The highest BCUT2D eigenvalue weighted by molar-refractivity contribution is 8.00. The molecule has 0 N–H and O–H groups in total. The summed E-state index contributed by atoms with van der Waals surface area (Å²) in [6.07, 6.45) is 0. The molecule has 124 valence electrons. The lowest BCUT2D eigenvalue weighted by Crippen LogP contribution is -2.25. The third-order valence-electron chi connectivity index (χ3n) is 3.09. The number of ether oxygens (including phenoxy) is 2. The second-order valence-electron chi connectivity index (χ2n) is 4.94.